The molecule has 0 amide bonds. The fourth-order valence-electron chi connectivity index (χ4n) is 11.6. The summed E-state index contributed by atoms with van der Waals surface area (Å²) in [6.07, 6.45) is 76.3. The first-order chi connectivity index (χ1) is 49.7. The van der Waals surface area contributed by atoms with Crippen LogP contribution >= 0.6 is 15.6 Å². The summed E-state index contributed by atoms with van der Waals surface area (Å²) >= 11 is 0. The predicted octanol–water partition coefficient (Wildman–Crippen LogP) is 24.2. The molecule has 0 aliphatic carbocycles. The van der Waals surface area contributed by atoms with Gasteiger partial charge in [-0.05, 0) is 89.9 Å². The van der Waals surface area contributed by atoms with E-state index in [9.17, 15) is 43.2 Å². The van der Waals surface area contributed by atoms with Crippen LogP contribution in [-0.4, -0.2) is 96.7 Å². The smallest absolute Gasteiger partial charge is 0.462 e. The van der Waals surface area contributed by atoms with Crippen LogP contribution in [0, 0.1) is 0 Å². The lowest BCUT2D eigenvalue weighted by atomic mass is 10.0. The molecule has 0 spiro atoms. The van der Waals surface area contributed by atoms with Crippen LogP contribution in [0.3, 0.4) is 0 Å². The maximum absolute atomic E-state index is 13.1. The third-order valence-corrected chi connectivity index (χ3v) is 19.9. The fourth-order valence-corrected chi connectivity index (χ4v) is 13.2. The van der Waals surface area contributed by atoms with Gasteiger partial charge in [-0.15, -0.1) is 0 Å². The highest BCUT2D eigenvalue weighted by atomic mass is 31.2. The Morgan fingerprint density at radius 2 is 0.490 bits per heavy atom. The topological polar surface area (TPSA) is 237 Å². The van der Waals surface area contributed by atoms with Gasteiger partial charge < -0.3 is 33.8 Å². The average Bonchev–Trinajstić information content (AvgIpc) is 0.908. The van der Waals surface area contributed by atoms with E-state index in [0.717, 1.165) is 109 Å². The molecule has 0 heterocycles. The highest BCUT2D eigenvalue weighted by Crippen LogP contribution is 2.45. The summed E-state index contributed by atoms with van der Waals surface area (Å²) in [5, 5.41) is 10.6. The molecule has 0 fully saturated rings. The van der Waals surface area contributed by atoms with E-state index >= 15 is 0 Å². The molecule has 19 heteroatoms. The van der Waals surface area contributed by atoms with Gasteiger partial charge >= 0.3 is 39.5 Å². The molecule has 0 aromatic heterocycles. The van der Waals surface area contributed by atoms with Gasteiger partial charge in [0, 0.05) is 25.7 Å². The number of esters is 4. The largest absolute Gasteiger partial charge is 0.472 e. The van der Waals surface area contributed by atoms with Gasteiger partial charge in [0.05, 0.1) is 26.4 Å². The van der Waals surface area contributed by atoms with Gasteiger partial charge in [0.15, 0.2) is 12.2 Å². The van der Waals surface area contributed by atoms with E-state index in [1.165, 1.54) is 193 Å². The number of carbonyl (C=O) groups excluding carboxylic acids is 4. The number of aliphatic hydroxyl groups excluding tert-OH is 1. The maximum Gasteiger partial charge on any atom is 0.472 e. The quantitative estimate of drug-likeness (QED) is 0.0169. The molecule has 0 aromatic rings. The van der Waals surface area contributed by atoms with Crippen LogP contribution in [0.1, 0.15) is 387 Å². The van der Waals surface area contributed by atoms with Gasteiger partial charge in [0.2, 0.25) is 0 Å². The average molecular weight is 1480 g/mol. The first-order valence-electron chi connectivity index (χ1n) is 41.5. The van der Waals surface area contributed by atoms with Crippen molar-refractivity contribution in [1.82, 2.24) is 0 Å². The molecule has 5 atom stereocenters. The first kappa shape index (κ1) is 98.8. The minimum atomic E-state index is -4.99. The van der Waals surface area contributed by atoms with Crippen LogP contribution in [0.2, 0.25) is 0 Å². The third kappa shape index (κ3) is 75.0. The van der Waals surface area contributed by atoms with E-state index < -0.39 is 97.5 Å². The molecule has 102 heavy (non-hydrogen) atoms. The molecule has 596 valence electrons. The Balaban J connectivity index is 5.36. The molecule has 0 radical (unpaired) electrons. The Hall–Kier alpha value is -3.24. The Morgan fingerprint density at radius 1 is 0.275 bits per heavy atom. The van der Waals surface area contributed by atoms with Crippen LogP contribution in [0.5, 0.6) is 0 Å². The van der Waals surface area contributed by atoms with E-state index in [-0.39, 0.29) is 25.7 Å². The lowest BCUT2D eigenvalue weighted by Gasteiger charge is -2.21. The van der Waals surface area contributed by atoms with Crippen LogP contribution in [-0.2, 0) is 65.4 Å². The number of phosphoric acid groups is 2. The second-order valence-electron chi connectivity index (χ2n) is 28.1. The molecule has 0 bridgehead atoms. The van der Waals surface area contributed by atoms with E-state index in [0.29, 0.717) is 32.1 Å². The van der Waals surface area contributed by atoms with Crippen molar-refractivity contribution in [3.05, 3.63) is 60.8 Å². The van der Waals surface area contributed by atoms with Gasteiger partial charge in [-0.25, -0.2) is 9.13 Å². The Kier molecular flexibility index (Phi) is 73.6. The highest BCUT2D eigenvalue weighted by molar-refractivity contribution is 7.47. The molecule has 0 rings (SSSR count). The summed E-state index contributed by atoms with van der Waals surface area (Å²) < 4.78 is 68.6. The highest BCUT2D eigenvalue weighted by Gasteiger charge is 2.30. The lowest BCUT2D eigenvalue weighted by Crippen LogP contribution is -2.30. The molecular weight excluding hydrogens is 1330 g/mol. The molecule has 0 aliphatic heterocycles. The third-order valence-electron chi connectivity index (χ3n) is 18.0. The Morgan fingerprint density at radius 3 is 0.804 bits per heavy atom. The summed E-state index contributed by atoms with van der Waals surface area (Å²) in [5.41, 5.74) is 0. The Bertz CT molecular complexity index is 2170. The van der Waals surface area contributed by atoms with Crippen LogP contribution in [0.4, 0.5) is 0 Å². The molecule has 0 aliphatic rings. The lowest BCUT2D eigenvalue weighted by molar-refractivity contribution is -0.161. The zero-order chi connectivity index (χ0) is 74.6. The van der Waals surface area contributed by atoms with E-state index in [2.05, 4.69) is 76.3 Å². The van der Waals surface area contributed by atoms with E-state index in [1.54, 1.807) is 0 Å². The van der Waals surface area contributed by atoms with E-state index in [4.69, 9.17) is 37.0 Å². The van der Waals surface area contributed by atoms with Crippen molar-refractivity contribution in [2.75, 3.05) is 39.6 Å². The van der Waals surface area contributed by atoms with Gasteiger partial charge in [-0.2, -0.15) is 0 Å². The van der Waals surface area contributed by atoms with Crippen molar-refractivity contribution in [3.63, 3.8) is 0 Å². The minimum Gasteiger partial charge on any atom is -0.462 e. The normalized spacial score (nSPS) is 14.1. The number of ether oxygens (including phenoxy) is 4. The molecule has 0 saturated heterocycles. The summed E-state index contributed by atoms with van der Waals surface area (Å²) in [5.74, 6) is -2.21. The number of rotatable bonds is 79. The number of hydrogen-bond donors (Lipinski definition) is 3. The molecule has 0 saturated carbocycles. The molecule has 17 nitrogen and oxygen atoms in total. The second kappa shape index (κ2) is 76.0. The van der Waals surface area contributed by atoms with Crippen molar-refractivity contribution >= 4 is 39.5 Å². The second-order valence-corrected chi connectivity index (χ2v) is 31.0. The summed E-state index contributed by atoms with van der Waals surface area (Å²) in [7, 11) is -9.96. The number of allylic oxidation sites excluding steroid dienone is 10. The van der Waals surface area contributed by atoms with Crippen molar-refractivity contribution in [2.45, 2.75) is 406 Å². The van der Waals surface area contributed by atoms with Crippen LogP contribution in [0.25, 0.3) is 0 Å². The van der Waals surface area contributed by atoms with Crippen LogP contribution < -0.4 is 0 Å². The SMILES string of the molecule is CCCCC/C=C\C/C=C\C/C=C\C/C=C\CCCC(=O)O[C@H](COC(=O)CCCCCCCCCCCCCCCCCCC)COP(=O)(O)OC[C@@H](O)COP(=O)(O)OC[C@@H](COC(=O)CCCCCCC/C=C\CCCCCCCC)OC(=O)CCCCCCCCCCCCCCC. The molecule has 0 aromatic carbocycles. The van der Waals surface area contributed by atoms with E-state index in [1.807, 2.05) is 12.2 Å². The maximum atomic E-state index is 13.1. The molecule has 3 N–H and O–H groups in total. The van der Waals surface area contributed by atoms with Gasteiger partial charge in [0.25, 0.3) is 0 Å². The van der Waals surface area contributed by atoms with Crippen molar-refractivity contribution in [2.24, 2.45) is 0 Å². The number of aliphatic hydroxyl groups is 1. The Labute approximate surface area is 622 Å². The summed E-state index contributed by atoms with van der Waals surface area (Å²) in [4.78, 5) is 73.0. The van der Waals surface area contributed by atoms with Crippen molar-refractivity contribution in [1.29, 1.82) is 0 Å². The van der Waals surface area contributed by atoms with Gasteiger partial charge in [-0.1, -0.05) is 332 Å². The van der Waals surface area contributed by atoms with Crippen molar-refractivity contribution in [3.8, 4) is 0 Å². The van der Waals surface area contributed by atoms with Gasteiger partial charge in [0.1, 0.15) is 19.3 Å². The number of phosphoric ester groups is 2. The van der Waals surface area contributed by atoms with Gasteiger partial charge in [-0.3, -0.25) is 37.3 Å². The number of carbonyl (C=O) groups is 4. The fraction of sp³-hybridized carbons (Fsp3) is 0.831. The summed E-state index contributed by atoms with van der Waals surface area (Å²) in [6, 6.07) is 0. The monoisotopic (exact) mass is 1480 g/mol. The standard InChI is InChI=1S/C83H152O17P2/c1-5-9-13-17-21-25-29-33-36-38-41-45-48-52-56-60-64-68-81(86)94-74-79(100-83(88)70-66-62-58-54-50-46-42-39-37-34-30-26-22-18-14-10-6-2)76-98-102(91,92)96-72-77(84)71-95-101(89,90)97-75-78(99-82(87)69-65-61-57-53-49-43-32-28-24-20-16-12-8-4)73-93-80(85)67-63-59-55-51-47-44-40-35-31-27-23-19-15-11-7-3/h22,26,34-35,37,40,42,46,54,58,77-79,84H,5-21,23-25,27-33,36,38-39,41,43-45,47-53,55-57,59-76H2,1-4H3,(H,89,90)(H,91,92)/b26-22-,37-34-,40-35-,46-42-,58-54-/t77-,78+,79+/m0/s1. The minimum absolute atomic E-state index is 0.0245. The van der Waals surface area contributed by atoms with Crippen molar-refractivity contribution < 1.29 is 80.2 Å². The number of unbranched alkanes of at least 4 members (excludes halogenated alkanes) is 43. The van der Waals surface area contributed by atoms with Crippen LogP contribution in [0.15, 0.2) is 60.8 Å². The summed E-state index contributed by atoms with van der Waals surface area (Å²) in [6.45, 7) is 4.86. The zero-order valence-corrected chi connectivity index (χ0v) is 67.1. The predicted molar refractivity (Wildman–Crippen MR) is 418 cm³/mol. The number of hydrogen-bond acceptors (Lipinski definition) is 15. The molecular formula is C83H152O17P2. The molecule has 2 unspecified atom stereocenters. The first-order valence-corrected chi connectivity index (χ1v) is 44.5. The zero-order valence-electron chi connectivity index (χ0n) is 65.3.